The Morgan fingerprint density at radius 1 is 0.667 bits per heavy atom. The monoisotopic (exact) mass is 488 g/mol. The third-order valence-electron chi connectivity index (χ3n) is 6.67. The molecular weight excluding hydrogens is 435 g/mol. The maximum atomic E-state index is 13.0. The summed E-state index contributed by atoms with van der Waals surface area (Å²) in [4.78, 5) is 26.0. The van der Waals surface area contributed by atoms with Crippen molar-refractivity contribution in [2.24, 2.45) is 0 Å². The van der Waals surface area contributed by atoms with Crippen LogP contribution in [0, 0.1) is 0 Å². The summed E-state index contributed by atoms with van der Waals surface area (Å²) in [5, 5.41) is 19.9. The van der Waals surface area contributed by atoms with Gasteiger partial charge in [0, 0.05) is 22.3 Å². The molecular formula is C27H53O5P. The van der Waals surface area contributed by atoms with Gasteiger partial charge in [0.1, 0.15) is 6.10 Å². The average molecular weight is 489 g/mol. The van der Waals surface area contributed by atoms with Gasteiger partial charge in [0.05, 0.1) is 6.61 Å². The van der Waals surface area contributed by atoms with E-state index in [2.05, 4.69) is 13.8 Å². The number of Topliss-reactive ketones (excluding diaryl/α,β-unsaturated/α-hetero) is 2. The number of ketones is 2. The van der Waals surface area contributed by atoms with E-state index in [1.54, 1.807) is 0 Å². The maximum absolute atomic E-state index is 13.0. The van der Waals surface area contributed by atoms with Gasteiger partial charge in [-0.3, -0.25) is 9.59 Å². The zero-order valence-corrected chi connectivity index (χ0v) is 22.8. The van der Waals surface area contributed by atoms with Crippen molar-refractivity contribution in [2.45, 2.75) is 154 Å². The molecule has 6 heteroatoms. The van der Waals surface area contributed by atoms with E-state index >= 15 is 0 Å². The first-order chi connectivity index (χ1) is 16.0. The molecule has 2 N–H and O–H groups in total. The van der Waals surface area contributed by atoms with Gasteiger partial charge in [0.15, 0.2) is 11.6 Å². The Labute approximate surface area is 206 Å². The predicted molar refractivity (Wildman–Crippen MR) is 140 cm³/mol. The second-order valence-electron chi connectivity index (χ2n) is 9.56. The highest BCUT2D eigenvalue weighted by Gasteiger charge is 2.50. The Morgan fingerprint density at radius 2 is 0.970 bits per heavy atom. The Bertz CT molecular complexity index is 449. The SMILES string of the molecule is CCCCCCCCCCCC(=O)C(OP)(C(=O)CCCCCCCCCCC)C(O)CO. The minimum absolute atomic E-state index is 0.185. The molecule has 0 aromatic rings. The van der Waals surface area contributed by atoms with E-state index in [0.717, 1.165) is 25.7 Å². The molecule has 0 spiro atoms. The molecule has 0 aliphatic rings. The second-order valence-corrected chi connectivity index (χ2v) is 9.79. The van der Waals surface area contributed by atoms with Crippen molar-refractivity contribution in [2.75, 3.05) is 6.61 Å². The minimum Gasteiger partial charge on any atom is -0.394 e. The molecule has 0 aliphatic heterocycles. The molecule has 0 aromatic heterocycles. The minimum atomic E-state index is -1.96. The smallest absolute Gasteiger partial charge is 0.215 e. The van der Waals surface area contributed by atoms with Crippen molar-refractivity contribution in [1.29, 1.82) is 0 Å². The number of carbonyl (C=O) groups excluding carboxylic acids is 2. The number of aliphatic hydroxyl groups excluding tert-OH is 2. The van der Waals surface area contributed by atoms with Gasteiger partial charge in [0.2, 0.25) is 5.60 Å². The summed E-state index contributed by atoms with van der Waals surface area (Å²) in [7, 11) is 1.98. The van der Waals surface area contributed by atoms with E-state index in [0.29, 0.717) is 12.8 Å². The first-order valence-corrected chi connectivity index (χ1v) is 14.2. The summed E-state index contributed by atoms with van der Waals surface area (Å²) in [5.41, 5.74) is -1.96. The molecule has 2 atom stereocenters. The fourth-order valence-corrected chi connectivity index (χ4v) is 4.85. The van der Waals surface area contributed by atoms with Crippen molar-refractivity contribution in [3.63, 3.8) is 0 Å². The van der Waals surface area contributed by atoms with E-state index in [-0.39, 0.29) is 12.8 Å². The van der Waals surface area contributed by atoms with Crippen LogP contribution in [0.15, 0.2) is 0 Å². The highest BCUT2D eigenvalue weighted by atomic mass is 31.0. The van der Waals surface area contributed by atoms with Crippen molar-refractivity contribution in [3.05, 3.63) is 0 Å². The normalized spacial score (nSPS) is 12.8. The van der Waals surface area contributed by atoms with Crippen LogP contribution in [-0.2, 0) is 14.1 Å². The molecule has 2 unspecified atom stereocenters. The molecule has 196 valence electrons. The van der Waals surface area contributed by atoms with Gasteiger partial charge in [-0.25, -0.2) is 0 Å². The van der Waals surface area contributed by atoms with Crippen LogP contribution in [-0.4, -0.2) is 40.1 Å². The molecule has 0 amide bonds. The number of rotatable bonds is 25. The van der Waals surface area contributed by atoms with Crippen LogP contribution in [0.3, 0.4) is 0 Å². The summed E-state index contributed by atoms with van der Waals surface area (Å²) in [5.74, 6) is -0.828. The van der Waals surface area contributed by atoms with Gasteiger partial charge in [-0.1, -0.05) is 117 Å². The topological polar surface area (TPSA) is 83.8 Å². The molecule has 0 rings (SSSR count). The highest BCUT2D eigenvalue weighted by Crippen LogP contribution is 2.28. The van der Waals surface area contributed by atoms with E-state index in [9.17, 15) is 19.8 Å². The molecule has 0 aliphatic carbocycles. The van der Waals surface area contributed by atoms with Crippen LogP contribution >= 0.6 is 9.47 Å². The number of unbranched alkanes of at least 4 members (excludes halogenated alkanes) is 16. The lowest BCUT2D eigenvalue weighted by Crippen LogP contribution is -2.57. The summed E-state index contributed by atoms with van der Waals surface area (Å²) in [6.07, 6.45) is 19.2. The van der Waals surface area contributed by atoms with Crippen molar-refractivity contribution in [3.8, 4) is 0 Å². The lowest BCUT2D eigenvalue weighted by molar-refractivity contribution is -0.160. The van der Waals surface area contributed by atoms with Gasteiger partial charge in [-0.2, -0.15) is 0 Å². The van der Waals surface area contributed by atoms with E-state index < -0.39 is 29.9 Å². The number of hydrogen-bond acceptors (Lipinski definition) is 5. The zero-order valence-electron chi connectivity index (χ0n) is 21.6. The molecule has 0 heterocycles. The van der Waals surface area contributed by atoms with Crippen molar-refractivity contribution >= 4 is 21.0 Å². The van der Waals surface area contributed by atoms with Crippen LogP contribution < -0.4 is 0 Å². The van der Waals surface area contributed by atoms with Crippen LogP contribution in [0.5, 0.6) is 0 Å². The summed E-state index contributed by atoms with van der Waals surface area (Å²) < 4.78 is 5.29. The quantitative estimate of drug-likeness (QED) is 0.0832. The lowest BCUT2D eigenvalue weighted by atomic mass is 9.82. The fraction of sp³-hybridized carbons (Fsp3) is 0.926. The first-order valence-electron chi connectivity index (χ1n) is 13.7. The van der Waals surface area contributed by atoms with Crippen LogP contribution in [0.25, 0.3) is 0 Å². The molecule has 0 fully saturated rings. The van der Waals surface area contributed by atoms with Crippen LogP contribution in [0.2, 0.25) is 0 Å². The van der Waals surface area contributed by atoms with E-state index in [4.69, 9.17) is 4.52 Å². The molecule has 0 aromatic carbocycles. The average Bonchev–Trinajstić information content (AvgIpc) is 2.82. The number of carbonyl (C=O) groups is 2. The molecule has 33 heavy (non-hydrogen) atoms. The van der Waals surface area contributed by atoms with E-state index in [1.165, 1.54) is 77.0 Å². The van der Waals surface area contributed by atoms with Crippen molar-refractivity contribution in [1.82, 2.24) is 0 Å². The largest absolute Gasteiger partial charge is 0.394 e. The third-order valence-corrected chi connectivity index (χ3v) is 7.04. The summed E-state index contributed by atoms with van der Waals surface area (Å²) in [6, 6.07) is 0. The predicted octanol–water partition coefficient (Wildman–Crippen LogP) is 6.87. The number of hydrogen-bond donors (Lipinski definition) is 2. The Hall–Kier alpha value is -0.350. The lowest BCUT2D eigenvalue weighted by Gasteiger charge is -2.33. The summed E-state index contributed by atoms with van der Waals surface area (Å²) >= 11 is 0. The molecule has 5 nitrogen and oxygen atoms in total. The standard InChI is InChI=1S/C27H53O5P/c1-3-5-7-9-11-13-15-17-19-21-24(29)27(32-33,26(31)23-28)25(30)22-20-18-16-14-12-10-8-6-4-2/h26,28,31H,3-23,33H2,1-2H3. The molecule has 0 saturated heterocycles. The molecule has 0 bridgehead atoms. The highest BCUT2D eigenvalue weighted by molar-refractivity contribution is 7.10. The summed E-state index contributed by atoms with van der Waals surface area (Å²) in [6.45, 7) is 3.75. The fourth-order valence-electron chi connectivity index (χ4n) is 4.43. The van der Waals surface area contributed by atoms with Crippen LogP contribution in [0.4, 0.5) is 0 Å². The molecule has 0 saturated carbocycles. The Kier molecular flexibility index (Phi) is 21.9. The van der Waals surface area contributed by atoms with Gasteiger partial charge in [-0.05, 0) is 12.8 Å². The Balaban J connectivity index is 4.40. The van der Waals surface area contributed by atoms with Gasteiger partial charge in [0.25, 0.3) is 0 Å². The Morgan fingerprint density at radius 3 is 1.24 bits per heavy atom. The maximum Gasteiger partial charge on any atom is 0.215 e. The first kappa shape index (κ1) is 32.7. The van der Waals surface area contributed by atoms with E-state index in [1.807, 2.05) is 9.47 Å². The van der Waals surface area contributed by atoms with Gasteiger partial charge in [-0.15, -0.1) is 0 Å². The van der Waals surface area contributed by atoms with Gasteiger partial charge < -0.3 is 14.7 Å². The van der Waals surface area contributed by atoms with Crippen LogP contribution in [0.1, 0.15) is 142 Å². The third kappa shape index (κ3) is 14.0. The van der Waals surface area contributed by atoms with Gasteiger partial charge >= 0.3 is 0 Å². The molecule has 0 radical (unpaired) electrons. The second kappa shape index (κ2) is 22.1. The zero-order chi connectivity index (χ0) is 24.8. The van der Waals surface area contributed by atoms with Crippen molar-refractivity contribution < 1.29 is 24.3 Å². The number of aliphatic hydroxyl groups is 2.